The first-order valence-corrected chi connectivity index (χ1v) is 5.00. The first-order valence-electron chi connectivity index (χ1n) is 5.00. The summed E-state index contributed by atoms with van der Waals surface area (Å²) in [4.78, 5) is 10.1. The summed E-state index contributed by atoms with van der Waals surface area (Å²) in [5.41, 5.74) is 0. The molecular weight excluding hydrogens is 200 g/mol. The summed E-state index contributed by atoms with van der Waals surface area (Å²) in [5.74, 6) is -0.856. The van der Waals surface area contributed by atoms with Crippen molar-refractivity contribution in [1.82, 2.24) is 10.6 Å². The fourth-order valence-electron chi connectivity index (χ4n) is 0.836. The molecule has 0 spiro atoms. The van der Waals surface area contributed by atoms with Gasteiger partial charge in [0, 0.05) is 13.1 Å². The van der Waals surface area contributed by atoms with E-state index in [-0.39, 0.29) is 6.54 Å². The predicted molar refractivity (Wildman–Crippen MR) is 56.1 cm³/mol. The summed E-state index contributed by atoms with van der Waals surface area (Å²) >= 11 is 0. The molecule has 0 heterocycles. The monoisotopic (exact) mass is 220 g/mol. The minimum atomic E-state index is -0.856. The minimum absolute atomic E-state index is 0.0258. The van der Waals surface area contributed by atoms with Gasteiger partial charge in [0.15, 0.2) is 0 Å². The fourth-order valence-corrected chi connectivity index (χ4v) is 0.836. The molecule has 0 unspecified atom stereocenters. The van der Waals surface area contributed by atoms with Crippen LogP contribution in [0.5, 0.6) is 0 Å². The van der Waals surface area contributed by atoms with Gasteiger partial charge in [-0.05, 0) is 7.05 Å². The van der Waals surface area contributed by atoms with Gasteiger partial charge in [-0.15, -0.1) is 0 Å². The van der Waals surface area contributed by atoms with E-state index in [1.807, 2.05) is 7.05 Å². The summed E-state index contributed by atoms with van der Waals surface area (Å²) in [6, 6.07) is 0. The molecule has 0 bridgehead atoms. The van der Waals surface area contributed by atoms with Gasteiger partial charge < -0.3 is 25.2 Å². The maximum atomic E-state index is 10.1. The van der Waals surface area contributed by atoms with Gasteiger partial charge in [-0.1, -0.05) is 0 Å². The van der Waals surface area contributed by atoms with E-state index in [4.69, 9.17) is 14.6 Å². The van der Waals surface area contributed by atoms with E-state index in [0.29, 0.717) is 33.0 Å². The van der Waals surface area contributed by atoms with E-state index < -0.39 is 5.97 Å². The first kappa shape index (κ1) is 14.3. The first-order chi connectivity index (χ1) is 7.27. The molecule has 0 saturated carbocycles. The fraction of sp³-hybridized carbons (Fsp3) is 0.889. The smallest absolute Gasteiger partial charge is 0.317 e. The number of carboxylic acid groups (broad SMARTS) is 1. The molecule has 0 aromatic carbocycles. The van der Waals surface area contributed by atoms with Crippen molar-refractivity contribution in [2.45, 2.75) is 0 Å². The minimum Gasteiger partial charge on any atom is -0.480 e. The molecule has 0 amide bonds. The van der Waals surface area contributed by atoms with Crippen LogP contribution in [0.15, 0.2) is 0 Å². The molecule has 0 aliphatic heterocycles. The van der Waals surface area contributed by atoms with Gasteiger partial charge in [0.05, 0.1) is 33.0 Å². The number of aliphatic carboxylic acids is 1. The Labute approximate surface area is 89.9 Å². The van der Waals surface area contributed by atoms with Crippen LogP contribution in [-0.4, -0.2) is 64.2 Å². The second-order valence-electron chi connectivity index (χ2n) is 2.90. The van der Waals surface area contributed by atoms with Crippen LogP contribution in [0.2, 0.25) is 0 Å². The highest BCUT2D eigenvalue weighted by Crippen LogP contribution is 1.77. The molecule has 0 aromatic rings. The highest BCUT2D eigenvalue weighted by Gasteiger charge is 1.94. The van der Waals surface area contributed by atoms with E-state index >= 15 is 0 Å². The number of hydrogen-bond acceptors (Lipinski definition) is 5. The number of likely N-dealkylation sites (N-methyl/N-ethyl adjacent to an activating group) is 1. The van der Waals surface area contributed by atoms with E-state index in [2.05, 4.69) is 10.6 Å². The average molecular weight is 220 g/mol. The Bertz CT molecular complexity index is 155. The van der Waals surface area contributed by atoms with Gasteiger partial charge in [0.1, 0.15) is 0 Å². The third-order valence-corrected chi connectivity index (χ3v) is 1.57. The lowest BCUT2D eigenvalue weighted by Gasteiger charge is -2.05. The molecule has 0 aromatic heterocycles. The van der Waals surface area contributed by atoms with Crippen molar-refractivity contribution < 1.29 is 19.4 Å². The molecule has 0 aliphatic carbocycles. The van der Waals surface area contributed by atoms with Crippen LogP contribution >= 0.6 is 0 Å². The van der Waals surface area contributed by atoms with Crippen molar-refractivity contribution in [2.24, 2.45) is 0 Å². The number of nitrogens with one attached hydrogen (secondary N) is 2. The van der Waals surface area contributed by atoms with Gasteiger partial charge in [0.2, 0.25) is 0 Å². The Balaban J connectivity index is 2.89. The van der Waals surface area contributed by atoms with Crippen molar-refractivity contribution in [3.63, 3.8) is 0 Å². The van der Waals surface area contributed by atoms with Crippen molar-refractivity contribution >= 4 is 5.97 Å². The van der Waals surface area contributed by atoms with Crippen LogP contribution < -0.4 is 10.6 Å². The Kier molecular flexibility index (Phi) is 10.9. The van der Waals surface area contributed by atoms with Gasteiger partial charge >= 0.3 is 5.97 Å². The zero-order chi connectivity index (χ0) is 11.4. The molecule has 0 atom stereocenters. The zero-order valence-corrected chi connectivity index (χ0v) is 9.12. The molecule has 0 rings (SSSR count). The molecule has 6 heteroatoms. The zero-order valence-electron chi connectivity index (χ0n) is 9.12. The van der Waals surface area contributed by atoms with Gasteiger partial charge in [-0.2, -0.15) is 0 Å². The number of ether oxygens (including phenoxy) is 2. The third-order valence-electron chi connectivity index (χ3n) is 1.57. The van der Waals surface area contributed by atoms with Crippen molar-refractivity contribution in [2.75, 3.05) is 53.1 Å². The summed E-state index contributed by atoms with van der Waals surface area (Å²) in [6.45, 7) is 3.64. The number of carbonyl (C=O) groups is 1. The second-order valence-corrected chi connectivity index (χ2v) is 2.90. The molecule has 90 valence electrons. The molecular formula is C9H20N2O4. The van der Waals surface area contributed by atoms with Crippen LogP contribution in [0.4, 0.5) is 0 Å². The van der Waals surface area contributed by atoms with Crippen molar-refractivity contribution in [3.05, 3.63) is 0 Å². The molecule has 3 N–H and O–H groups in total. The Morgan fingerprint density at radius 2 is 1.73 bits per heavy atom. The van der Waals surface area contributed by atoms with Crippen molar-refractivity contribution in [3.8, 4) is 0 Å². The molecule has 0 radical (unpaired) electrons. The standard InChI is InChI=1S/C9H20N2O4/c1-10-2-4-14-6-7-15-5-3-11-8-9(12)13/h10-11H,2-8H2,1H3,(H,12,13). The Hall–Kier alpha value is -0.690. The quantitative estimate of drug-likeness (QED) is 0.384. The summed E-state index contributed by atoms with van der Waals surface area (Å²) in [5, 5.41) is 14.0. The van der Waals surface area contributed by atoms with Crippen LogP contribution in [0.3, 0.4) is 0 Å². The Morgan fingerprint density at radius 3 is 2.27 bits per heavy atom. The lowest BCUT2D eigenvalue weighted by atomic mass is 10.6. The second kappa shape index (κ2) is 11.4. The average Bonchev–Trinajstić information content (AvgIpc) is 2.20. The normalized spacial score (nSPS) is 10.5. The van der Waals surface area contributed by atoms with Crippen molar-refractivity contribution in [1.29, 1.82) is 0 Å². The SMILES string of the molecule is CNCCOCCOCCNCC(=O)O. The lowest BCUT2D eigenvalue weighted by molar-refractivity contribution is -0.136. The molecule has 0 saturated heterocycles. The highest BCUT2D eigenvalue weighted by molar-refractivity contribution is 5.68. The lowest BCUT2D eigenvalue weighted by Crippen LogP contribution is -2.26. The van der Waals surface area contributed by atoms with Crippen LogP contribution in [0.1, 0.15) is 0 Å². The van der Waals surface area contributed by atoms with Gasteiger partial charge in [-0.25, -0.2) is 0 Å². The molecule has 6 nitrogen and oxygen atoms in total. The summed E-state index contributed by atoms with van der Waals surface area (Å²) < 4.78 is 10.4. The Morgan fingerprint density at radius 1 is 1.13 bits per heavy atom. The number of hydrogen-bond donors (Lipinski definition) is 3. The van der Waals surface area contributed by atoms with Gasteiger partial charge in [-0.3, -0.25) is 4.79 Å². The summed E-state index contributed by atoms with van der Waals surface area (Å²) in [7, 11) is 1.87. The maximum absolute atomic E-state index is 10.1. The topological polar surface area (TPSA) is 79.8 Å². The van der Waals surface area contributed by atoms with E-state index in [9.17, 15) is 4.79 Å². The van der Waals surface area contributed by atoms with Crippen LogP contribution in [-0.2, 0) is 14.3 Å². The molecule has 0 aliphatic rings. The maximum Gasteiger partial charge on any atom is 0.317 e. The van der Waals surface area contributed by atoms with E-state index in [1.165, 1.54) is 0 Å². The predicted octanol–water partition coefficient (Wildman–Crippen LogP) is -1.09. The summed E-state index contributed by atoms with van der Waals surface area (Å²) in [6.07, 6.45) is 0. The molecule has 15 heavy (non-hydrogen) atoms. The third kappa shape index (κ3) is 13.3. The van der Waals surface area contributed by atoms with E-state index in [0.717, 1.165) is 6.54 Å². The largest absolute Gasteiger partial charge is 0.480 e. The van der Waals surface area contributed by atoms with E-state index in [1.54, 1.807) is 0 Å². The number of carboxylic acids is 1. The van der Waals surface area contributed by atoms with Crippen LogP contribution in [0, 0.1) is 0 Å². The highest BCUT2D eigenvalue weighted by atomic mass is 16.5. The molecule has 0 fully saturated rings. The number of rotatable bonds is 11. The van der Waals surface area contributed by atoms with Crippen LogP contribution in [0.25, 0.3) is 0 Å². The van der Waals surface area contributed by atoms with Gasteiger partial charge in [0.25, 0.3) is 0 Å².